The van der Waals surface area contributed by atoms with Gasteiger partial charge in [-0.3, -0.25) is 0 Å². The van der Waals surface area contributed by atoms with Crippen molar-refractivity contribution >= 4 is 22.6 Å². The van der Waals surface area contributed by atoms with E-state index in [9.17, 15) is 0 Å². The van der Waals surface area contributed by atoms with Gasteiger partial charge in [0.2, 0.25) is 0 Å². The van der Waals surface area contributed by atoms with Gasteiger partial charge in [0.1, 0.15) is 0 Å². The molecule has 0 amide bonds. The third kappa shape index (κ3) is 0.746. The van der Waals surface area contributed by atoms with Gasteiger partial charge >= 0.3 is 0 Å². The number of alkyl halides is 1. The molecule has 0 nitrogen and oxygen atoms in total. The zero-order valence-electron chi connectivity index (χ0n) is 8.10. The number of hydrogen-bond acceptors (Lipinski definition) is 0. The van der Waals surface area contributed by atoms with Crippen molar-refractivity contribution in [2.75, 3.05) is 4.43 Å². The van der Waals surface area contributed by atoms with E-state index in [1.54, 1.807) is 0 Å². The van der Waals surface area contributed by atoms with Crippen LogP contribution in [0.25, 0.3) is 0 Å². The van der Waals surface area contributed by atoms with Crippen LogP contribution in [0.1, 0.15) is 27.2 Å². The molecule has 0 aromatic carbocycles. The molecule has 2 aliphatic carbocycles. The first kappa shape index (κ1) is 9.04. The lowest BCUT2D eigenvalue weighted by atomic mass is 9.86. The Kier molecular flexibility index (Phi) is 1.88. The van der Waals surface area contributed by atoms with Crippen molar-refractivity contribution in [1.82, 2.24) is 0 Å². The molecule has 0 aromatic heterocycles. The van der Waals surface area contributed by atoms with Gasteiger partial charge in [-0.05, 0) is 23.7 Å². The summed E-state index contributed by atoms with van der Waals surface area (Å²) in [5.74, 6) is 1.77. The average Bonchev–Trinajstić information content (AvgIpc) is 2.31. The van der Waals surface area contributed by atoms with Crippen LogP contribution in [0.15, 0.2) is 12.2 Å². The highest BCUT2D eigenvalue weighted by Gasteiger charge is 2.73. The van der Waals surface area contributed by atoms with E-state index in [-0.39, 0.29) is 0 Å². The molecule has 1 heteroatoms. The summed E-state index contributed by atoms with van der Waals surface area (Å²) >= 11 is 2.55. The average molecular weight is 276 g/mol. The van der Waals surface area contributed by atoms with E-state index in [0.29, 0.717) is 10.8 Å². The van der Waals surface area contributed by atoms with E-state index in [1.165, 1.54) is 10.8 Å². The molecule has 0 heterocycles. The predicted octanol–water partition coefficient (Wildman–Crippen LogP) is 3.66. The molecule has 0 aromatic rings. The molecule has 3 atom stereocenters. The molecule has 1 saturated carbocycles. The molecule has 0 radical (unpaired) electrons. The Bertz CT molecular complexity index is 231. The fourth-order valence-corrected chi connectivity index (χ4v) is 5.22. The van der Waals surface area contributed by atoms with E-state index in [0.717, 1.165) is 11.8 Å². The molecule has 2 unspecified atom stereocenters. The molecule has 2 rings (SSSR count). The third-order valence-corrected chi connectivity index (χ3v) is 5.18. The van der Waals surface area contributed by atoms with Crippen LogP contribution in [0.2, 0.25) is 0 Å². The maximum atomic E-state index is 2.55. The lowest BCUT2D eigenvalue weighted by molar-refractivity contribution is 0.353. The lowest BCUT2D eigenvalue weighted by Gasteiger charge is -2.18. The summed E-state index contributed by atoms with van der Waals surface area (Å²) in [6.07, 6.45) is 6.21. The van der Waals surface area contributed by atoms with Gasteiger partial charge in [0.15, 0.2) is 0 Å². The first-order valence-corrected chi connectivity index (χ1v) is 6.36. The highest BCUT2D eigenvalue weighted by Crippen LogP contribution is 2.78. The van der Waals surface area contributed by atoms with Crippen LogP contribution in [-0.2, 0) is 0 Å². The first-order chi connectivity index (χ1) is 5.59. The SMILES string of the molecule is CC(C)C12C=CCC1(C)[C@@H]2CI. The first-order valence-electron chi connectivity index (χ1n) is 4.83. The maximum absolute atomic E-state index is 2.55. The largest absolute Gasteiger partial charge is 0.0874 e. The Balaban J connectivity index is 2.31. The Morgan fingerprint density at radius 2 is 2.25 bits per heavy atom. The van der Waals surface area contributed by atoms with E-state index in [2.05, 4.69) is 55.5 Å². The van der Waals surface area contributed by atoms with E-state index in [4.69, 9.17) is 0 Å². The number of hydrogen-bond donors (Lipinski definition) is 0. The van der Waals surface area contributed by atoms with Crippen LogP contribution in [-0.4, -0.2) is 4.43 Å². The molecule has 1 fully saturated rings. The summed E-state index contributed by atoms with van der Waals surface area (Å²) in [6.45, 7) is 7.22. The van der Waals surface area contributed by atoms with Crippen molar-refractivity contribution in [2.24, 2.45) is 22.7 Å². The van der Waals surface area contributed by atoms with Crippen molar-refractivity contribution in [1.29, 1.82) is 0 Å². The van der Waals surface area contributed by atoms with Gasteiger partial charge in [0, 0.05) is 9.84 Å². The van der Waals surface area contributed by atoms with Gasteiger partial charge in [-0.2, -0.15) is 0 Å². The molecule has 0 spiro atoms. The summed E-state index contributed by atoms with van der Waals surface area (Å²) in [4.78, 5) is 0. The number of allylic oxidation sites excluding steroid dienone is 2. The molecule has 0 saturated heterocycles. The van der Waals surface area contributed by atoms with E-state index >= 15 is 0 Å². The summed E-state index contributed by atoms with van der Waals surface area (Å²) in [5, 5.41) is 0. The smallest absolute Gasteiger partial charge is 0.00379 e. The molecule has 68 valence electrons. The summed E-state index contributed by atoms with van der Waals surface area (Å²) in [6, 6.07) is 0. The van der Waals surface area contributed by atoms with Crippen molar-refractivity contribution < 1.29 is 0 Å². The molecule has 0 N–H and O–H groups in total. The Labute approximate surface area is 88.9 Å². The van der Waals surface area contributed by atoms with Gasteiger partial charge in [-0.1, -0.05) is 55.5 Å². The van der Waals surface area contributed by atoms with Crippen molar-refractivity contribution in [3.05, 3.63) is 12.2 Å². The number of halogens is 1. The van der Waals surface area contributed by atoms with Crippen molar-refractivity contribution in [3.8, 4) is 0 Å². The zero-order valence-corrected chi connectivity index (χ0v) is 10.3. The third-order valence-electron chi connectivity index (χ3n) is 4.30. The standard InChI is InChI=1S/C11H17I/c1-8(2)11-6-4-5-10(11,3)9(11)7-12/h4,6,8-9H,5,7H2,1-3H3/t9-,10?,11?/m0/s1. The summed E-state index contributed by atoms with van der Waals surface area (Å²) in [5.41, 5.74) is 1.20. The zero-order chi connectivity index (χ0) is 8.98. The maximum Gasteiger partial charge on any atom is 0.00379 e. The topological polar surface area (TPSA) is 0 Å². The van der Waals surface area contributed by atoms with Crippen molar-refractivity contribution in [3.63, 3.8) is 0 Å². The van der Waals surface area contributed by atoms with E-state index in [1.807, 2.05) is 0 Å². The molecule has 0 aliphatic heterocycles. The molecule has 12 heavy (non-hydrogen) atoms. The quantitative estimate of drug-likeness (QED) is 0.410. The summed E-state index contributed by atoms with van der Waals surface area (Å²) in [7, 11) is 0. The molecular weight excluding hydrogens is 259 g/mol. The Morgan fingerprint density at radius 3 is 2.58 bits per heavy atom. The fraction of sp³-hybridized carbons (Fsp3) is 0.818. The molecule has 0 bridgehead atoms. The van der Waals surface area contributed by atoms with Gasteiger partial charge in [0.05, 0.1) is 0 Å². The highest BCUT2D eigenvalue weighted by molar-refractivity contribution is 14.1. The lowest BCUT2D eigenvalue weighted by Crippen LogP contribution is -2.12. The van der Waals surface area contributed by atoms with Gasteiger partial charge < -0.3 is 0 Å². The van der Waals surface area contributed by atoms with Crippen LogP contribution < -0.4 is 0 Å². The second kappa shape index (κ2) is 2.49. The minimum absolute atomic E-state index is 0.578. The minimum atomic E-state index is 0.578. The van der Waals surface area contributed by atoms with Crippen LogP contribution in [0.3, 0.4) is 0 Å². The van der Waals surface area contributed by atoms with Crippen LogP contribution in [0.4, 0.5) is 0 Å². The second-order valence-corrected chi connectivity index (χ2v) is 5.70. The van der Waals surface area contributed by atoms with Crippen LogP contribution in [0, 0.1) is 22.7 Å². The van der Waals surface area contributed by atoms with E-state index < -0.39 is 0 Å². The van der Waals surface area contributed by atoms with Gasteiger partial charge in [0.25, 0.3) is 0 Å². The highest BCUT2D eigenvalue weighted by atomic mass is 127. The van der Waals surface area contributed by atoms with Crippen LogP contribution in [0.5, 0.6) is 0 Å². The Hall–Kier alpha value is 0.470. The number of fused-ring (bicyclic) bond motifs is 1. The predicted molar refractivity (Wildman–Crippen MR) is 61.5 cm³/mol. The normalized spacial score (nSPS) is 49.9. The van der Waals surface area contributed by atoms with Gasteiger partial charge in [-0.15, -0.1) is 0 Å². The second-order valence-electron chi connectivity index (χ2n) is 4.82. The molecule has 2 aliphatic rings. The van der Waals surface area contributed by atoms with Gasteiger partial charge in [-0.25, -0.2) is 0 Å². The van der Waals surface area contributed by atoms with Crippen LogP contribution >= 0.6 is 22.6 Å². The fourth-order valence-electron chi connectivity index (χ4n) is 3.52. The molecular formula is C11H17I. The Morgan fingerprint density at radius 1 is 1.58 bits per heavy atom. The minimum Gasteiger partial charge on any atom is -0.0874 e. The number of rotatable bonds is 2. The summed E-state index contributed by atoms with van der Waals surface area (Å²) < 4.78 is 1.33. The monoisotopic (exact) mass is 276 g/mol. The van der Waals surface area contributed by atoms with Crippen molar-refractivity contribution in [2.45, 2.75) is 27.2 Å².